The largest absolute Gasteiger partial charge is 0.399 e. The summed E-state index contributed by atoms with van der Waals surface area (Å²) in [6.07, 6.45) is 1.01. The Morgan fingerprint density at radius 2 is 2.00 bits per heavy atom. The summed E-state index contributed by atoms with van der Waals surface area (Å²) in [5, 5.41) is 3.32. The number of carbonyl (C=O) groups excluding carboxylic acids is 1. The Morgan fingerprint density at radius 1 is 1.29 bits per heavy atom. The van der Waals surface area contributed by atoms with E-state index in [9.17, 15) is 4.79 Å². The molecule has 2 aromatic rings. The molecule has 0 bridgehead atoms. The molecule has 0 aliphatic carbocycles. The molecule has 110 valence electrons. The molecule has 2 aromatic carbocycles. The fraction of sp³-hybridized carbons (Fsp3) is 0.235. The molecule has 1 atom stereocenters. The highest BCUT2D eigenvalue weighted by molar-refractivity contribution is 6.34. The van der Waals surface area contributed by atoms with Crippen LogP contribution in [0.4, 0.5) is 11.4 Å². The third-order valence-electron chi connectivity index (χ3n) is 3.59. The van der Waals surface area contributed by atoms with Gasteiger partial charge in [-0.05, 0) is 42.2 Å². The Hall–Kier alpha value is -2.00. The maximum atomic E-state index is 12.4. The number of para-hydroxylation sites is 1. The monoisotopic (exact) mass is 302 g/mol. The van der Waals surface area contributed by atoms with Gasteiger partial charge in [0.05, 0.1) is 10.6 Å². The molecule has 0 saturated carbocycles. The van der Waals surface area contributed by atoms with Crippen molar-refractivity contribution in [3.05, 3.63) is 58.6 Å². The van der Waals surface area contributed by atoms with Crippen molar-refractivity contribution < 1.29 is 4.79 Å². The molecule has 21 heavy (non-hydrogen) atoms. The van der Waals surface area contributed by atoms with E-state index in [4.69, 9.17) is 17.3 Å². The number of carbonyl (C=O) groups is 1. The lowest BCUT2D eigenvalue weighted by Crippen LogP contribution is -2.14. The van der Waals surface area contributed by atoms with Crippen LogP contribution in [0.15, 0.2) is 42.5 Å². The number of nitrogens with two attached hydrogens (primary N) is 1. The van der Waals surface area contributed by atoms with E-state index in [0.29, 0.717) is 22.2 Å². The maximum Gasteiger partial charge on any atom is 0.257 e. The normalized spacial score (nSPS) is 12.0. The first kappa shape index (κ1) is 15.4. The molecule has 0 heterocycles. The maximum absolute atomic E-state index is 12.4. The van der Waals surface area contributed by atoms with Crippen molar-refractivity contribution in [2.45, 2.75) is 26.2 Å². The predicted octanol–water partition coefficient (Wildman–Crippen LogP) is 4.69. The van der Waals surface area contributed by atoms with Crippen LogP contribution in [0, 0.1) is 0 Å². The van der Waals surface area contributed by atoms with Gasteiger partial charge in [0.1, 0.15) is 0 Å². The molecule has 0 spiro atoms. The number of amides is 1. The van der Waals surface area contributed by atoms with Crippen LogP contribution in [0.3, 0.4) is 0 Å². The third-order valence-corrected chi connectivity index (χ3v) is 3.92. The average molecular weight is 303 g/mol. The third kappa shape index (κ3) is 3.56. The van der Waals surface area contributed by atoms with E-state index in [0.717, 1.165) is 17.7 Å². The van der Waals surface area contributed by atoms with Crippen LogP contribution < -0.4 is 11.1 Å². The number of benzene rings is 2. The molecule has 4 heteroatoms. The molecule has 0 aromatic heterocycles. The summed E-state index contributed by atoms with van der Waals surface area (Å²) in [5.74, 6) is 0.126. The fourth-order valence-electron chi connectivity index (χ4n) is 2.17. The zero-order valence-electron chi connectivity index (χ0n) is 12.2. The summed E-state index contributed by atoms with van der Waals surface area (Å²) < 4.78 is 0. The van der Waals surface area contributed by atoms with E-state index in [-0.39, 0.29) is 5.91 Å². The second-order valence-corrected chi connectivity index (χ2v) is 5.50. The minimum absolute atomic E-state index is 0.247. The molecule has 0 fully saturated rings. The number of hydrogen-bond acceptors (Lipinski definition) is 2. The van der Waals surface area contributed by atoms with E-state index in [1.807, 2.05) is 24.3 Å². The van der Waals surface area contributed by atoms with Crippen molar-refractivity contribution in [2.24, 2.45) is 0 Å². The highest BCUT2D eigenvalue weighted by Gasteiger charge is 2.14. The summed E-state index contributed by atoms with van der Waals surface area (Å²) in [5.41, 5.74) is 8.55. The van der Waals surface area contributed by atoms with Crippen LogP contribution in [0.1, 0.15) is 42.1 Å². The summed E-state index contributed by atoms with van der Waals surface area (Å²) in [6, 6.07) is 12.7. The van der Waals surface area contributed by atoms with E-state index in [1.165, 1.54) is 0 Å². The van der Waals surface area contributed by atoms with Gasteiger partial charge in [-0.2, -0.15) is 0 Å². The molecule has 2 rings (SSSR count). The zero-order chi connectivity index (χ0) is 15.4. The second kappa shape index (κ2) is 6.64. The zero-order valence-corrected chi connectivity index (χ0v) is 12.9. The van der Waals surface area contributed by atoms with Crippen LogP contribution in [0.5, 0.6) is 0 Å². The van der Waals surface area contributed by atoms with E-state index in [1.54, 1.807) is 18.2 Å². The summed E-state index contributed by atoms with van der Waals surface area (Å²) in [6.45, 7) is 4.26. The summed E-state index contributed by atoms with van der Waals surface area (Å²) in [4.78, 5) is 12.4. The molecule has 0 radical (unpaired) electrons. The van der Waals surface area contributed by atoms with Crippen LogP contribution in [0.2, 0.25) is 5.02 Å². The highest BCUT2D eigenvalue weighted by atomic mass is 35.5. The smallest absolute Gasteiger partial charge is 0.257 e. The lowest BCUT2D eigenvalue weighted by atomic mass is 9.97. The molecular weight excluding hydrogens is 284 g/mol. The van der Waals surface area contributed by atoms with Crippen molar-refractivity contribution in [3.63, 3.8) is 0 Å². The van der Waals surface area contributed by atoms with Gasteiger partial charge in [-0.15, -0.1) is 0 Å². The van der Waals surface area contributed by atoms with Crippen molar-refractivity contribution in [1.82, 2.24) is 0 Å². The lowest BCUT2D eigenvalue weighted by Gasteiger charge is -2.16. The fourth-order valence-corrected chi connectivity index (χ4v) is 2.37. The Kier molecular flexibility index (Phi) is 4.86. The minimum atomic E-state index is -0.247. The van der Waals surface area contributed by atoms with E-state index in [2.05, 4.69) is 19.2 Å². The quantitative estimate of drug-likeness (QED) is 0.805. The van der Waals surface area contributed by atoms with Crippen LogP contribution in [-0.2, 0) is 0 Å². The van der Waals surface area contributed by atoms with Gasteiger partial charge in [-0.25, -0.2) is 0 Å². The second-order valence-electron chi connectivity index (χ2n) is 5.09. The minimum Gasteiger partial charge on any atom is -0.399 e. The average Bonchev–Trinajstić information content (AvgIpc) is 2.49. The van der Waals surface area contributed by atoms with Gasteiger partial charge < -0.3 is 11.1 Å². The number of hydrogen-bond donors (Lipinski definition) is 2. The number of halogens is 1. The van der Waals surface area contributed by atoms with Crippen LogP contribution in [0.25, 0.3) is 0 Å². The molecule has 1 amide bonds. The van der Waals surface area contributed by atoms with E-state index >= 15 is 0 Å². The van der Waals surface area contributed by atoms with Crippen molar-refractivity contribution in [2.75, 3.05) is 11.1 Å². The lowest BCUT2D eigenvalue weighted by molar-refractivity contribution is 0.102. The topological polar surface area (TPSA) is 55.1 Å². The first-order valence-corrected chi connectivity index (χ1v) is 7.36. The first-order chi connectivity index (χ1) is 10.0. The molecule has 0 aliphatic rings. The molecular formula is C17H19ClN2O. The molecule has 3 N–H and O–H groups in total. The number of nitrogen functional groups attached to an aromatic ring is 1. The van der Waals surface area contributed by atoms with Crippen LogP contribution >= 0.6 is 11.6 Å². The Labute approximate surface area is 130 Å². The number of anilines is 2. The summed E-state index contributed by atoms with van der Waals surface area (Å²) >= 11 is 6.07. The van der Waals surface area contributed by atoms with Gasteiger partial charge in [0, 0.05) is 11.4 Å². The SMILES string of the molecule is CCC(C)c1ccccc1NC(=O)c1cc(N)ccc1Cl. The Bertz CT molecular complexity index is 655. The molecule has 3 nitrogen and oxygen atoms in total. The Balaban J connectivity index is 2.30. The van der Waals surface area contributed by atoms with Gasteiger partial charge >= 0.3 is 0 Å². The standard InChI is InChI=1S/C17H19ClN2O/c1-3-11(2)13-6-4-5-7-16(13)20-17(21)14-10-12(19)8-9-15(14)18/h4-11H,3,19H2,1-2H3,(H,20,21). The summed E-state index contributed by atoms with van der Waals surface area (Å²) in [7, 11) is 0. The first-order valence-electron chi connectivity index (χ1n) is 6.98. The van der Waals surface area contributed by atoms with Crippen molar-refractivity contribution in [1.29, 1.82) is 0 Å². The number of nitrogens with one attached hydrogen (secondary N) is 1. The van der Waals surface area contributed by atoms with Gasteiger partial charge in [-0.3, -0.25) is 4.79 Å². The van der Waals surface area contributed by atoms with E-state index < -0.39 is 0 Å². The van der Waals surface area contributed by atoms with Crippen LogP contribution in [-0.4, -0.2) is 5.91 Å². The molecule has 1 unspecified atom stereocenters. The highest BCUT2D eigenvalue weighted by Crippen LogP contribution is 2.28. The van der Waals surface area contributed by atoms with Gasteiger partial charge in [-0.1, -0.05) is 43.6 Å². The predicted molar refractivity (Wildman–Crippen MR) is 89.0 cm³/mol. The number of rotatable bonds is 4. The van der Waals surface area contributed by atoms with Gasteiger partial charge in [0.25, 0.3) is 5.91 Å². The Morgan fingerprint density at radius 3 is 2.71 bits per heavy atom. The van der Waals surface area contributed by atoms with Gasteiger partial charge in [0.2, 0.25) is 0 Å². The molecule has 0 saturated heterocycles. The van der Waals surface area contributed by atoms with Gasteiger partial charge in [0.15, 0.2) is 0 Å². The van der Waals surface area contributed by atoms with Crippen molar-refractivity contribution in [3.8, 4) is 0 Å². The van der Waals surface area contributed by atoms with Crippen molar-refractivity contribution >= 4 is 28.9 Å². The molecule has 0 aliphatic heterocycles.